The van der Waals surface area contributed by atoms with Crippen molar-refractivity contribution in [3.8, 4) is 0 Å². The van der Waals surface area contributed by atoms with E-state index in [1.165, 1.54) is 16.8 Å². The molecule has 0 radical (unpaired) electrons. The summed E-state index contributed by atoms with van der Waals surface area (Å²) < 4.78 is 0. The maximum absolute atomic E-state index is 12.6. The van der Waals surface area contributed by atoms with Crippen molar-refractivity contribution in [1.82, 2.24) is 10.3 Å². The van der Waals surface area contributed by atoms with Crippen LogP contribution in [0.2, 0.25) is 0 Å². The zero-order valence-electron chi connectivity index (χ0n) is 15.6. The number of rotatable bonds is 4. The van der Waals surface area contributed by atoms with Crippen molar-refractivity contribution in [2.24, 2.45) is 0 Å². The number of amides is 1. The number of benzene rings is 2. The minimum absolute atomic E-state index is 0.0839. The predicted octanol–water partition coefficient (Wildman–Crippen LogP) is 4.40. The summed E-state index contributed by atoms with van der Waals surface area (Å²) in [6.45, 7) is 4.75. The average Bonchev–Trinajstić information content (AvgIpc) is 3.03. The Morgan fingerprint density at radius 1 is 1.15 bits per heavy atom. The van der Waals surface area contributed by atoms with E-state index >= 15 is 0 Å². The quantitative estimate of drug-likeness (QED) is 0.753. The highest BCUT2D eigenvalue weighted by Crippen LogP contribution is 2.37. The summed E-state index contributed by atoms with van der Waals surface area (Å²) in [4.78, 5) is 19.4. The van der Waals surface area contributed by atoms with Gasteiger partial charge in [-0.1, -0.05) is 48.0 Å². The van der Waals surface area contributed by atoms with E-state index in [-0.39, 0.29) is 5.91 Å². The van der Waals surface area contributed by atoms with E-state index in [1.54, 1.807) is 12.3 Å². The van der Waals surface area contributed by atoms with Gasteiger partial charge in [0.15, 0.2) is 0 Å². The molecule has 4 rings (SSSR count). The molecule has 0 saturated heterocycles. The van der Waals surface area contributed by atoms with Gasteiger partial charge >= 0.3 is 0 Å². The third-order valence-electron chi connectivity index (χ3n) is 5.04. The first-order chi connectivity index (χ1) is 13.1. The van der Waals surface area contributed by atoms with Gasteiger partial charge in [-0.2, -0.15) is 0 Å². The molecule has 2 aromatic carbocycles. The van der Waals surface area contributed by atoms with Crippen molar-refractivity contribution in [2.45, 2.75) is 32.9 Å². The maximum Gasteiger partial charge on any atom is 0.251 e. The highest BCUT2D eigenvalue weighted by Gasteiger charge is 2.27. The first-order valence-corrected chi connectivity index (χ1v) is 9.29. The Balaban J connectivity index is 1.52. The van der Waals surface area contributed by atoms with Gasteiger partial charge in [-0.25, -0.2) is 4.98 Å². The Labute approximate surface area is 159 Å². The topological polar surface area (TPSA) is 45.2 Å². The number of nitrogens with zero attached hydrogens (tertiary/aromatic N) is 2. The monoisotopic (exact) mass is 357 g/mol. The smallest absolute Gasteiger partial charge is 0.251 e. The van der Waals surface area contributed by atoms with Crippen molar-refractivity contribution in [2.75, 3.05) is 4.90 Å². The van der Waals surface area contributed by atoms with Gasteiger partial charge in [0.25, 0.3) is 5.91 Å². The molecule has 1 atom stereocenters. The molecular formula is C23H23N3O. The number of carbonyl (C=O) groups excluding carboxylic acids is 1. The molecule has 0 saturated carbocycles. The summed E-state index contributed by atoms with van der Waals surface area (Å²) in [7, 11) is 0. The maximum atomic E-state index is 12.6. The van der Waals surface area contributed by atoms with Gasteiger partial charge in [0.1, 0.15) is 5.82 Å². The van der Waals surface area contributed by atoms with E-state index in [9.17, 15) is 4.79 Å². The number of hydrogen-bond donors (Lipinski definition) is 1. The van der Waals surface area contributed by atoms with E-state index in [0.29, 0.717) is 18.2 Å². The Morgan fingerprint density at radius 2 is 1.93 bits per heavy atom. The van der Waals surface area contributed by atoms with Gasteiger partial charge in [-0.3, -0.25) is 4.79 Å². The van der Waals surface area contributed by atoms with Gasteiger partial charge in [-0.15, -0.1) is 0 Å². The zero-order valence-corrected chi connectivity index (χ0v) is 15.6. The van der Waals surface area contributed by atoms with Crippen LogP contribution >= 0.6 is 0 Å². The summed E-state index contributed by atoms with van der Waals surface area (Å²) >= 11 is 0. The first-order valence-electron chi connectivity index (χ1n) is 9.29. The van der Waals surface area contributed by atoms with Crippen LogP contribution in [0.5, 0.6) is 0 Å². The number of fused-ring (bicyclic) bond motifs is 1. The van der Waals surface area contributed by atoms with Crippen LogP contribution in [0, 0.1) is 6.92 Å². The molecule has 0 aliphatic carbocycles. The normalized spacial score (nSPS) is 15.5. The summed E-state index contributed by atoms with van der Waals surface area (Å²) in [5.41, 5.74) is 5.42. The fourth-order valence-electron chi connectivity index (χ4n) is 3.60. The second-order valence-corrected chi connectivity index (χ2v) is 7.12. The molecule has 1 aliphatic heterocycles. The third kappa shape index (κ3) is 3.56. The minimum Gasteiger partial charge on any atom is -0.348 e. The van der Waals surface area contributed by atoms with E-state index in [2.05, 4.69) is 59.4 Å². The number of carbonyl (C=O) groups is 1. The number of aromatic nitrogens is 1. The molecule has 4 heteroatoms. The van der Waals surface area contributed by atoms with Crippen LogP contribution in [0.1, 0.15) is 34.0 Å². The van der Waals surface area contributed by atoms with E-state index in [0.717, 1.165) is 17.8 Å². The Kier molecular flexibility index (Phi) is 4.63. The Hall–Kier alpha value is -3.14. The lowest BCUT2D eigenvalue weighted by Crippen LogP contribution is -2.26. The molecule has 4 nitrogen and oxygen atoms in total. The van der Waals surface area contributed by atoms with E-state index < -0.39 is 0 Å². The van der Waals surface area contributed by atoms with Gasteiger partial charge in [-0.05, 0) is 49.6 Å². The van der Waals surface area contributed by atoms with E-state index in [1.807, 2.05) is 24.3 Å². The number of para-hydroxylation sites is 1. The van der Waals surface area contributed by atoms with Crippen molar-refractivity contribution < 1.29 is 4.79 Å². The molecule has 1 N–H and O–H groups in total. The molecule has 1 unspecified atom stereocenters. The van der Waals surface area contributed by atoms with Crippen LogP contribution in [0.15, 0.2) is 66.9 Å². The zero-order chi connectivity index (χ0) is 18.8. The van der Waals surface area contributed by atoms with Crippen LogP contribution in [0.25, 0.3) is 0 Å². The molecule has 136 valence electrons. The minimum atomic E-state index is -0.0839. The lowest BCUT2D eigenvalue weighted by Gasteiger charge is -2.24. The second kappa shape index (κ2) is 7.23. The van der Waals surface area contributed by atoms with Crippen molar-refractivity contribution in [1.29, 1.82) is 0 Å². The number of pyridine rings is 1. The van der Waals surface area contributed by atoms with E-state index in [4.69, 9.17) is 0 Å². The van der Waals surface area contributed by atoms with Crippen LogP contribution in [-0.4, -0.2) is 16.9 Å². The van der Waals surface area contributed by atoms with Crippen LogP contribution in [-0.2, 0) is 13.0 Å². The van der Waals surface area contributed by atoms with Gasteiger partial charge < -0.3 is 10.2 Å². The Morgan fingerprint density at radius 3 is 2.74 bits per heavy atom. The lowest BCUT2D eigenvalue weighted by molar-refractivity contribution is 0.0951. The molecule has 0 fully saturated rings. The molecule has 0 spiro atoms. The van der Waals surface area contributed by atoms with Crippen molar-refractivity contribution >= 4 is 17.4 Å². The van der Waals surface area contributed by atoms with Gasteiger partial charge in [0.2, 0.25) is 0 Å². The highest BCUT2D eigenvalue weighted by atomic mass is 16.1. The molecule has 27 heavy (non-hydrogen) atoms. The SMILES string of the molecule is Cc1ccc(CNC(=O)c2ccnc(N3c4ccccc4CC3C)c2)cc1. The van der Waals surface area contributed by atoms with Crippen LogP contribution in [0.4, 0.5) is 11.5 Å². The van der Waals surface area contributed by atoms with Crippen LogP contribution in [0.3, 0.4) is 0 Å². The van der Waals surface area contributed by atoms with Crippen LogP contribution < -0.4 is 10.2 Å². The molecule has 0 bridgehead atoms. The predicted molar refractivity (Wildman–Crippen MR) is 108 cm³/mol. The molecule has 2 heterocycles. The third-order valence-corrected chi connectivity index (χ3v) is 5.04. The fraction of sp³-hybridized carbons (Fsp3) is 0.217. The number of aryl methyl sites for hydroxylation is 1. The van der Waals surface area contributed by atoms with Crippen molar-refractivity contribution in [3.63, 3.8) is 0 Å². The molecule has 1 aliphatic rings. The van der Waals surface area contributed by atoms with Gasteiger partial charge in [0.05, 0.1) is 0 Å². The molecule has 1 amide bonds. The lowest BCUT2D eigenvalue weighted by atomic mass is 10.1. The fourth-order valence-corrected chi connectivity index (χ4v) is 3.60. The molecule has 3 aromatic rings. The van der Waals surface area contributed by atoms with Gasteiger partial charge in [0, 0.05) is 30.0 Å². The largest absolute Gasteiger partial charge is 0.348 e. The first kappa shape index (κ1) is 17.3. The average molecular weight is 357 g/mol. The standard InChI is InChI=1S/C23H23N3O/c1-16-7-9-18(10-8-16)15-25-23(27)20-11-12-24-22(14-20)26-17(2)13-19-5-3-4-6-21(19)26/h3-12,14,17H,13,15H2,1-2H3,(H,25,27). The summed E-state index contributed by atoms with van der Waals surface area (Å²) in [6.07, 6.45) is 2.70. The van der Waals surface area contributed by atoms with Crippen molar-refractivity contribution in [3.05, 3.63) is 89.1 Å². The summed E-state index contributed by atoms with van der Waals surface area (Å²) in [5.74, 6) is 0.731. The molecule has 1 aromatic heterocycles. The number of hydrogen-bond acceptors (Lipinski definition) is 3. The number of anilines is 2. The summed E-state index contributed by atoms with van der Waals surface area (Å²) in [6, 6.07) is 20.5. The number of nitrogens with one attached hydrogen (secondary N) is 1. The highest BCUT2D eigenvalue weighted by molar-refractivity contribution is 5.95. The molecular weight excluding hydrogens is 334 g/mol. The summed E-state index contributed by atoms with van der Waals surface area (Å²) in [5, 5.41) is 3.00. The Bertz CT molecular complexity index is 965. The second-order valence-electron chi connectivity index (χ2n) is 7.12.